The average Bonchev–Trinajstić information content (AvgIpc) is 2.83. The van der Waals surface area contributed by atoms with Gasteiger partial charge in [-0.05, 0) is 67.8 Å². The van der Waals surface area contributed by atoms with Crippen molar-refractivity contribution in [2.45, 2.75) is 104 Å². The molecule has 1 aromatic rings. The van der Waals surface area contributed by atoms with Gasteiger partial charge in [0.05, 0.1) is 23.0 Å². The van der Waals surface area contributed by atoms with Crippen LogP contribution in [0.5, 0.6) is 0 Å². The summed E-state index contributed by atoms with van der Waals surface area (Å²) in [5.74, 6) is -2.59. The predicted octanol–water partition coefficient (Wildman–Crippen LogP) is 6.14. The maximum absolute atomic E-state index is 14.5. The van der Waals surface area contributed by atoms with Gasteiger partial charge in [-0.15, -0.1) is 0 Å². The van der Waals surface area contributed by atoms with E-state index in [1.54, 1.807) is 24.3 Å². The summed E-state index contributed by atoms with van der Waals surface area (Å²) in [4.78, 5) is 41.8. The van der Waals surface area contributed by atoms with Gasteiger partial charge >= 0.3 is 5.97 Å². The second kappa shape index (κ2) is 10.1. The van der Waals surface area contributed by atoms with E-state index in [9.17, 15) is 19.5 Å². The third-order valence-electron chi connectivity index (χ3n) is 10.6. The Labute approximate surface area is 234 Å². The standard InChI is InChI=1S/C32H46O6Si/c1-19-15-18-23(38-39(8,9)30(2,3)4)32(7)24(19)27(37-29(36)20-13-11-10-12-14-20)25-22(33)17-16-21(31(25,5)6)26(34)28(32)35/h10-14,21,23-27,34H,1,15-18H2,2-9H3/t21-,23+,24+,25+,26-,27+,32-/m1/s1. The maximum atomic E-state index is 14.5. The van der Waals surface area contributed by atoms with Gasteiger partial charge in [-0.1, -0.05) is 65.0 Å². The van der Waals surface area contributed by atoms with Crippen LogP contribution >= 0.6 is 0 Å². The topological polar surface area (TPSA) is 89.9 Å². The molecule has 7 heteroatoms. The van der Waals surface area contributed by atoms with Crippen LogP contribution in [0.3, 0.4) is 0 Å². The Kier molecular flexibility index (Phi) is 7.72. The molecule has 2 bridgehead atoms. The van der Waals surface area contributed by atoms with Gasteiger partial charge < -0.3 is 14.3 Å². The van der Waals surface area contributed by atoms with Crippen LogP contribution in [0.2, 0.25) is 18.1 Å². The van der Waals surface area contributed by atoms with E-state index in [1.807, 2.05) is 26.8 Å². The summed E-state index contributed by atoms with van der Waals surface area (Å²) >= 11 is 0. The highest BCUT2D eigenvalue weighted by atomic mass is 28.4. The van der Waals surface area contributed by atoms with E-state index in [4.69, 9.17) is 9.16 Å². The first-order valence-electron chi connectivity index (χ1n) is 14.3. The van der Waals surface area contributed by atoms with E-state index < -0.39 is 61.2 Å². The van der Waals surface area contributed by atoms with Crippen LogP contribution < -0.4 is 0 Å². The van der Waals surface area contributed by atoms with Gasteiger partial charge in [0.15, 0.2) is 14.1 Å². The first-order valence-corrected chi connectivity index (χ1v) is 17.2. The largest absolute Gasteiger partial charge is 0.457 e. The fourth-order valence-corrected chi connectivity index (χ4v) is 8.66. The Bertz CT molecular complexity index is 1150. The number of hydrogen-bond acceptors (Lipinski definition) is 6. The van der Waals surface area contributed by atoms with Crippen molar-refractivity contribution in [2.75, 3.05) is 0 Å². The van der Waals surface area contributed by atoms with Crippen LogP contribution in [0.25, 0.3) is 0 Å². The lowest BCUT2D eigenvalue weighted by Gasteiger charge is -2.59. The molecule has 39 heavy (non-hydrogen) atoms. The normalized spacial score (nSPS) is 35.1. The van der Waals surface area contributed by atoms with Gasteiger partial charge in [0.1, 0.15) is 18.0 Å². The van der Waals surface area contributed by atoms with Gasteiger partial charge in [0, 0.05) is 12.3 Å². The number of Topliss-reactive ketones (excluding diaryl/α,β-unsaturated/α-hetero) is 2. The van der Waals surface area contributed by atoms with Gasteiger partial charge in [-0.25, -0.2) is 4.79 Å². The van der Waals surface area contributed by atoms with Crippen molar-refractivity contribution >= 4 is 25.9 Å². The molecule has 4 rings (SSSR count). The molecule has 3 saturated carbocycles. The molecule has 214 valence electrons. The Morgan fingerprint density at radius 2 is 1.64 bits per heavy atom. The van der Waals surface area contributed by atoms with Crippen LogP contribution in [0, 0.1) is 28.6 Å². The van der Waals surface area contributed by atoms with E-state index in [2.05, 4.69) is 40.4 Å². The molecule has 7 atom stereocenters. The molecule has 6 nitrogen and oxygen atoms in total. The molecule has 0 spiro atoms. The minimum Gasteiger partial charge on any atom is -0.457 e. The number of carbonyl (C=O) groups is 3. The van der Waals surface area contributed by atoms with Crippen molar-refractivity contribution in [3.05, 3.63) is 48.0 Å². The Balaban J connectivity index is 1.91. The Morgan fingerprint density at radius 1 is 1.03 bits per heavy atom. The number of fused-ring (bicyclic) bond motifs is 3. The molecule has 0 radical (unpaired) electrons. The lowest BCUT2D eigenvalue weighted by Crippen LogP contribution is -2.67. The molecule has 0 aromatic heterocycles. The van der Waals surface area contributed by atoms with E-state index in [-0.39, 0.29) is 23.0 Å². The molecule has 0 heterocycles. The van der Waals surface area contributed by atoms with Gasteiger partial charge in [0.2, 0.25) is 0 Å². The number of hydrogen-bond donors (Lipinski definition) is 1. The van der Waals surface area contributed by atoms with Gasteiger partial charge in [0.25, 0.3) is 0 Å². The smallest absolute Gasteiger partial charge is 0.338 e. The average molecular weight is 555 g/mol. The van der Waals surface area contributed by atoms with Crippen molar-refractivity contribution in [1.82, 2.24) is 0 Å². The van der Waals surface area contributed by atoms with E-state index in [0.29, 0.717) is 24.8 Å². The lowest BCUT2D eigenvalue weighted by molar-refractivity contribution is -0.184. The first-order chi connectivity index (χ1) is 17.9. The van der Waals surface area contributed by atoms with Crippen LogP contribution in [-0.4, -0.2) is 49.3 Å². The number of benzene rings is 1. The summed E-state index contributed by atoms with van der Waals surface area (Å²) in [6.07, 6.45) is -0.804. The molecule has 1 aromatic carbocycles. The van der Waals surface area contributed by atoms with Crippen LogP contribution in [0.4, 0.5) is 0 Å². The molecule has 0 saturated heterocycles. The summed E-state index contributed by atoms with van der Waals surface area (Å²) in [5.41, 5.74) is -0.815. The molecular formula is C32H46O6Si. The van der Waals surface area contributed by atoms with Crippen LogP contribution in [-0.2, 0) is 18.8 Å². The summed E-state index contributed by atoms with van der Waals surface area (Å²) < 4.78 is 13.3. The molecule has 0 aliphatic heterocycles. The molecule has 0 unspecified atom stereocenters. The number of aliphatic hydroxyl groups excluding tert-OH is 1. The second-order valence-corrected chi connectivity index (χ2v) is 19.0. The highest BCUT2D eigenvalue weighted by molar-refractivity contribution is 6.74. The number of rotatable bonds is 4. The third-order valence-corrected chi connectivity index (χ3v) is 15.1. The zero-order chi connectivity index (χ0) is 29.1. The number of ketones is 2. The fourth-order valence-electron chi connectivity index (χ4n) is 7.23. The Hall–Kier alpha value is -2.09. The lowest BCUT2D eigenvalue weighted by atomic mass is 9.48. The number of esters is 1. The number of aliphatic hydroxyl groups is 1. The summed E-state index contributed by atoms with van der Waals surface area (Å²) in [6, 6.07) is 8.75. The van der Waals surface area contributed by atoms with Crippen molar-refractivity contribution in [2.24, 2.45) is 28.6 Å². The van der Waals surface area contributed by atoms with Crippen molar-refractivity contribution in [3.63, 3.8) is 0 Å². The molecule has 3 fully saturated rings. The molecule has 1 N–H and O–H groups in total. The zero-order valence-electron chi connectivity index (χ0n) is 24.9. The third kappa shape index (κ3) is 4.89. The molecule has 3 aliphatic rings. The second-order valence-electron chi connectivity index (χ2n) is 14.3. The quantitative estimate of drug-likeness (QED) is 0.273. The number of ether oxygens (including phenoxy) is 1. The summed E-state index contributed by atoms with van der Waals surface area (Å²) in [6.45, 7) is 20.9. The molecule has 0 amide bonds. The maximum Gasteiger partial charge on any atom is 0.338 e. The minimum absolute atomic E-state index is 0.00579. The fraction of sp³-hybridized carbons (Fsp3) is 0.656. The van der Waals surface area contributed by atoms with Crippen LogP contribution in [0.1, 0.15) is 77.6 Å². The van der Waals surface area contributed by atoms with Crippen molar-refractivity contribution < 1.29 is 28.7 Å². The SMILES string of the molecule is C=C1CC[C@H](O[Si](C)(C)C(C)(C)C)[C@@]2(C)C(=O)[C@H](O)[C@H]3CCC(=O)[C@@H]([C@@H](OC(=O)c4ccccc4)[C@H]12)C3(C)C. The number of carbonyl (C=O) groups excluding carboxylic acids is 3. The monoisotopic (exact) mass is 554 g/mol. The van der Waals surface area contributed by atoms with Crippen LogP contribution in [0.15, 0.2) is 42.5 Å². The van der Waals surface area contributed by atoms with E-state index >= 15 is 0 Å². The highest BCUT2D eigenvalue weighted by Crippen LogP contribution is 2.59. The molecular weight excluding hydrogens is 508 g/mol. The zero-order valence-corrected chi connectivity index (χ0v) is 25.9. The molecule has 3 aliphatic carbocycles. The first kappa shape index (κ1) is 29.9. The van der Waals surface area contributed by atoms with Gasteiger partial charge in [-0.2, -0.15) is 0 Å². The van der Waals surface area contributed by atoms with E-state index in [1.165, 1.54) is 0 Å². The van der Waals surface area contributed by atoms with Crippen molar-refractivity contribution in [1.29, 1.82) is 0 Å². The van der Waals surface area contributed by atoms with Crippen molar-refractivity contribution in [3.8, 4) is 0 Å². The summed E-state index contributed by atoms with van der Waals surface area (Å²) in [5, 5.41) is 11.6. The Morgan fingerprint density at radius 3 is 2.23 bits per heavy atom. The minimum atomic E-state index is -2.33. The highest BCUT2D eigenvalue weighted by Gasteiger charge is 2.66. The predicted molar refractivity (Wildman–Crippen MR) is 154 cm³/mol. The van der Waals surface area contributed by atoms with Gasteiger partial charge in [-0.3, -0.25) is 9.59 Å². The van der Waals surface area contributed by atoms with E-state index in [0.717, 1.165) is 5.57 Å². The summed E-state index contributed by atoms with van der Waals surface area (Å²) in [7, 11) is -2.33.